The Kier molecular flexibility index (Phi) is 2.15. The van der Waals surface area contributed by atoms with Gasteiger partial charge in [0.25, 0.3) is 0 Å². The second-order valence-electron chi connectivity index (χ2n) is 2.94. The quantitative estimate of drug-likeness (QED) is 0.471. The van der Waals surface area contributed by atoms with Gasteiger partial charge in [-0.2, -0.15) is 0 Å². The average Bonchev–Trinajstić information content (AvgIpc) is 2.66. The van der Waals surface area contributed by atoms with E-state index in [1.54, 1.807) is 6.92 Å². The van der Waals surface area contributed by atoms with Crippen LogP contribution in [0.1, 0.15) is 6.92 Å². The van der Waals surface area contributed by atoms with E-state index in [1.165, 1.54) is 0 Å². The molecule has 1 rings (SSSR count). The largest absolute Gasteiger partial charge is 0.365 e. The van der Waals surface area contributed by atoms with Crippen LogP contribution in [0, 0.1) is 0 Å². The zero-order valence-corrected chi connectivity index (χ0v) is 6.86. The van der Waals surface area contributed by atoms with Crippen LogP contribution < -0.4 is 0 Å². The molecule has 0 amide bonds. The number of ether oxygens (including phenoxy) is 1. The molecule has 66 valence electrons. The van der Waals surface area contributed by atoms with Crippen LogP contribution in [0.2, 0.25) is 0 Å². The van der Waals surface area contributed by atoms with Crippen LogP contribution in [0.3, 0.4) is 0 Å². The van der Waals surface area contributed by atoms with Gasteiger partial charge in [-0.1, -0.05) is 13.2 Å². The topological polar surface area (TPSA) is 12.5 Å². The number of halogens is 2. The maximum atomic E-state index is 13.0. The summed E-state index contributed by atoms with van der Waals surface area (Å²) in [6, 6.07) is 0. The molecule has 1 unspecified atom stereocenters. The van der Waals surface area contributed by atoms with Crippen molar-refractivity contribution in [3.63, 3.8) is 0 Å². The van der Waals surface area contributed by atoms with Crippen LogP contribution in [0.15, 0.2) is 36.5 Å². The number of hydrogen-bond donors (Lipinski definition) is 0. The zero-order valence-electron chi connectivity index (χ0n) is 6.86. The molecule has 1 aliphatic rings. The van der Waals surface area contributed by atoms with Crippen molar-refractivity contribution in [2.75, 3.05) is 6.61 Å². The summed E-state index contributed by atoms with van der Waals surface area (Å²) in [5.41, 5.74) is -0.461. The van der Waals surface area contributed by atoms with E-state index < -0.39 is 17.3 Å². The Hall–Kier alpha value is -0.960. The molecule has 0 N–H and O–H groups in total. The van der Waals surface area contributed by atoms with Crippen LogP contribution in [0.25, 0.3) is 0 Å². The van der Waals surface area contributed by atoms with Gasteiger partial charge in [-0.05, 0) is 6.92 Å². The molecule has 0 aromatic carbocycles. The van der Waals surface area contributed by atoms with Crippen molar-refractivity contribution >= 4 is 0 Å². The minimum atomic E-state index is -0.821. The maximum absolute atomic E-state index is 13.0. The summed E-state index contributed by atoms with van der Waals surface area (Å²) < 4.78 is 30.0. The molecule has 1 aliphatic heterocycles. The lowest BCUT2D eigenvalue weighted by atomic mass is 10.0. The van der Waals surface area contributed by atoms with Crippen molar-refractivity contribution in [2.24, 2.45) is 0 Å². The van der Waals surface area contributed by atoms with Gasteiger partial charge < -0.3 is 4.74 Å². The van der Waals surface area contributed by atoms with Gasteiger partial charge in [0.2, 0.25) is 0 Å². The SMILES string of the molecule is C=C(F)/C=C(/F)C(=C)C1(C)CO1. The van der Waals surface area contributed by atoms with Crippen LogP contribution >= 0.6 is 0 Å². The Balaban J connectivity index is 2.71. The summed E-state index contributed by atoms with van der Waals surface area (Å²) in [4.78, 5) is 0. The first-order chi connectivity index (χ1) is 5.46. The van der Waals surface area contributed by atoms with Crippen LogP contribution in [-0.2, 0) is 4.74 Å². The standard InChI is InChI=1S/C9H10F2O/c1-6(10)4-8(11)7(2)9(3)5-12-9/h4H,1-2,5H2,3H3/b8-4+. The summed E-state index contributed by atoms with van der Waals surface area (Å²) in [6.45, 7) is 8.51. The van der Waals surface area contributed by atoms with Crippen molar-refractivity contribution in [3.8, 4) is 0 Å². The second kappa shape index (κ2) is 2.83. The molecule has 1 heterocycles. The Morgan fingerprint density at radius 2 is 2.00 bits per heavy atom. The predicted octanol–water partition coefficient (Wildman–Crippen LogP) is 2.67. The average molecular weight is 172 g/mol. The molecule has 0 bridgehead atoms. The normalized spacial score (nSPS) is 28.4. The Bertz CT molecular complexity index is 262. The molecule has 1 nitrogen and oxygen atoms in total. The molecular weight excluding hydrogens is 162 g/mol. The lowest BCUT2D eigenvalue weighted by molar-refractivity contribution is 0.354. The Labute approximate surface area is 70.0 Å². The molecule has 1 atom stereocenters. The lowest BCUT2D eigenvalue weighted by Crippen LogP contribution is -2.08. The van der Waals surface area contributed by atoms with Crippen molar-refractivity contribution in [1.29, 1.82) is 0 Å². The number of hydrogen-bond acceptors (Lipinski definition) is 1. The first kappa shape index (κ1) is 9.13. The fourth-order valence-corrected chi connectivity index (χ4v) is 0.760. The molecule has 0 aromatic heterocycles. The number of epoxide rings is 1. The van der Waals surface area contributed by atoms with Gasteiger partial charge in [-0.15, -0.1) is 0 Å². The molecule has 0 saturated carbocycles. The number of allylic oxidation sites excluding steroid dienone is 2. The van der Waals surface area contributed by atoms with Gasteiger partial charge in [-0.25, -0.2) is 8.78 Å². The summed E-state index contributed by atoms with van der Waals surface area (Å²) in [5.74, 6) is -1.53. The van der Waals surface area contributed by atoms with E-state index in [-0.39, 0.29) is 5.57 Å². The van der Waals surface area contributed by atoms with Crippen molar-refractivity contribution in [2.45, 2.75) is 12.5 Å². The van der Waals surface area contributed by atoms with Gasteiger partial charge in [0.05, 0.1) is 6.61 Å². The van der Waals surface area contributed by atoms with Gasteiger partial charge in [0.15, 0.2) is 0 Å². The highest BCUT2D eigenvalue weighted by Gasteiger charge is 2.43. The minimum absolute atomic E-state index is 0.168. The van der Waals surface area contributed by atoms with E-state index in [2.05, 4.69) is 13.2 Å². The Morgan fingerprint density at radius 1 is 1.50 bits per heavy atom. The monoisotopic (exact) mass is 172 g/mol. The summed E-state index contributed by atoms with van der Waals surface area (Å²) >= 11 is 0. The van der Waals surface area contributed by atoms with E-state index >= 15 is 0 Å². The molecule has 0 spiro atoms. The first-order valence-electron chi connectivity index (χ1n) is 3.51. The molecule has 0 radical (unpaired) electrons. The zero-order chi connectivity index (χ0) is 9.35. The third-order valence-corrected chi connectivity index (χ3v) is 1.79. The van der Waals surface area contributed by atoms with Crippen LogP contribution in [-0.4, -0.2) is 12.2 Å². The van der Waals surface area contributed by atoms with Crippen molar-refractivity contribution in [1.82, 2.24) is 0 Å². The van der Waals surface area contributed by atoms with Crippen LogP contribution in [0.4, 0.5) is 8.78 Å². The van der Waals surface area contributed by atoms with Gasteiger partial charge in [0.1, 0.15) is 17.3 Å². The Morgan fingerprint density at radius 3 is 2.33 bits per heavy atom. The van der Waals surface area contributed by atoms with Crippen LogP contribution in [0.5, 0.6) is 0 Å². The van der Waals surface area contributed by atoms with E-state index in [1.807, 2.05) is 0 Å². The minimum Gasteiger partial charge on any atom is -0.365 e. The molecule has 12 heavy (non-hydrogen) atoms. The predicted molar refractivity (Wildman–Crippen MR) is 42.9 cm³/mol. The first-order valence-corrected chi connectivity index (χ1v) is 3.51. The highest BCUT2D eigenvalue weighted by atomic mass is 19.1. The van der Waals surface area contributed by atoms with E-state index in [9.17, 15) is 8.78 Å². The lowest BCUT2D eigenvalue weighted by Gasteiger charge is -2.05. The van der Waals surface area contributed by atoms with Crippen molar-refractivity contribution in [3.05, 3.63) is 36.5 Å². The van der Waals surface area contributed by atoms with Crippen molar-refractivity contribution < 1.29 is 13.5 Å². The van der Waals surface area contributed by atoms with Gasteiger partial charge >= 0.3 is 0 Å². The maximum Gasteiger partial charge on any atom is 0.131 e. The molecule has 0 aromatic rings. The van der Waals surface area contributed by atoms with Gasteiger partial charge in [-0.3, -0.25) is 0 Å². The summed E-state index contributed by atoms with van der Waals surface area (Å²) in [6.07, 6.45) is 0.704. The van der Waals surface area contributed by atoms with E-state index in [0.29, 0.717) is 12.7 Å². The second-order valence-corrected chi connectivity index (χ2v) is 2.94. The third-order valence-electron chi connectivity index (χ3n) is 1.79. The molecule has 1 saturated heterocycles. The van der Waals surface area contributed by atoms with Gasteiger partial charge in [0, 0.05) is 11.6 Å². The van der Waals surface area contributed by atoms with E-state index in [4.69, 9.17) is 4.74 Å². The fraction of sp³-hybridized carbons (Fsp3) is 0.333. The highest BCUT2D eigenvalue weighted by molar-refractivity contribution is 5.37. The molecular formula is C9H10F2O. The fourth-order valence-electron chi connectivity index (χ4n) is 0.760. The van der Waals surface area contributed by atoms with E-state index in [0.717, 1.165) is 0 Å². The molecule has 3 heteroatoms. The summed E-state index contributed by atoms with van der Waals surface area (Å²) in [7, 11) is 0. The number of rotatable bonds is 3. The third kappa shape index (κ3) is 1.80. The molecule has 0 aliphatic carbocycles. The highest BCUT2D eigenvalue weighted by Crippen LogP contribution is 2.37. The molecule has 1 fully saturated rings. The summed E-state index contributed by atoms with van der Waals surface area (Å²) in [5, 5.41) is 0. The smallest absolute Gasteiger partial charge is 0.131 e.